The summed E-state index contributed by atoms with van der Waals surface area (Å²) < 4.78 is 11.1. The normalized spacial score (nSPS) is 35.1. The molecule has 5 aliphatic rings. The van der Waals surface area contributed by atoms with Crippen LogP contribution < -0.4 is 9.47 Å². The Bertz CT molecular complexity index is 684. The van der Waals surface area contributed by atoms with Crippen LogP contribution in [0.5, 0.6) is 11.5 Å². The number of nitrogens with zero attached hydrogens (tertiary/aromatic N) is 2. The fourth-order valence-electron chi connectivity index (χ4n) is 5.50. The third-order valence-corrected chi connectivity index (χ3v) is 6.60. The Morgan fingerprint density at radius 1 is 1.16 bits per heavy atom. The lowest BCUT2D eigenvalue weighted by molar-refractivity contribution is -0.136. The van der Waals surface area contributed by atoms with E-state index in [9.17, 15) is 4.79 Å². The second-order valence-corrected chi connectivity index (χ2v) is 7.87. The van der Waals surface area contributed by atoms with Crippen molar-refractivity contribution in [1.82, 2.24) is 9.80 Å². The van der Waals surface area contributed by atoms with Gasteiger partial charge in [-0.15, -0.1) is 0 Å². The number of amides is 1. The monoisotopic (exact) mass is 342 g/mol. The molecule has 1 amide bonds. The molecule has 0 aromatic heterocycles. The summed E-state index contributed by atoms with van der Waals surface area (Å²) in [7, 11) is 0. The molecule has 1 aromatic carbocycles. The van der Waals surface area contributed by atoms with E-state index in [1.54, 1.807) is 0 Å². The fraction of sp³-hybridized carbons (Fsp3) is 0.650. The molecule has 2 bridgehead atoms. The fourth-order valence-corrected chi connectivity index (χ4v) is 5.50. The molecule has 3 atom stereocenters. The Morgan fingerprint density at radius 3 is 2.76 bits per heavy atom. The van der Waals surface area contributed by atoms with Crippen LogP contribution in [0.1, 0.15) is 44.1 Å². The summed E-state index contributed by atoms with van der Waals surface area (Å²) in [6, 6.07) is 7.21. The molecular weight excluding hydrogens is 316 g/mol. The van der Waals surface area contributed by atoms with Crippen LogP contribution in [0.15, 0.2) is 18.2 Å². The van der Waals surface area contributed by atoms with E-state index >= 15 is 0 Å². The van der Waals surface area contributed by atoms with Crippen molar-refractivity contribution in [3.63, 3.8) is 0 Å². The van der Waals surface area contributed by atoms with E-state index in [1.807, 2.05) is 6.07 Å². The highest BCUT2D eigenvalue weighted by Gasteiger charge is 2.54. The van der Waals surface area contributed by atoms with Crippen LogP contribution in [-0.4, -0.2) is 54.2 Å². The van der Waals surface area contributed by atoms with Crippen LogP contribution in [-0.2, 0) is 4.79 Å². The zero-order chi connectivity index (χ0) is 17.0. The van der Waals surface area contributed by atoms with Gasteiger partial charge in [0.25, 0.3) is 0 Å². The number of piperidine rings is 3. The minimum absolute atomic E-state index is 0.310. The van der Waals surface area contributed by atoms with Crippen molar-refractivity contribution in [2.45, 2.75) is 50.6 Å². The van der Waals surface area contributed by atoms with Gasteiger partial charge in [-0.25, -0.2) is 0 Å². The van der Waals surface area contributed by atoms with Gasteiger partial charge in [0.05, 0.1) is 6.04 Å². The molecule has 0 spiro atoms. The van der Waals surface area contributed by atoms with Crippen LogP contribution in [0, 0.1) is 5.92 Å². The van der Waals surface area contributed by atoms with Gasteiger partial charge in [-0.3, -0.25) is 9.69 Å². The molecular formula is C20H26N2O3. The van der Waals surface area contributed by atoms with E-state index in [-0.39, 0.29) is 0 Å². The highest BCUT2D eigenvalue weighted by molar-refractivity contribution is 5.77. The van der Waals surface area contributed by atoms with Crippen LogP contribution in [0.4, 0.5) is 0 Å². The van der Waals surface area contributed by atoms with Crippen molar-refractivity contribution in [3.8, 4) is 11.5 Å². The predicted molar refractivity (Wildman–Crippen MR) is 93.8 cm³/mol. The molecule has 0 saturated carbocycles. The Kier molecular flexibility index (Phi) is 3.66. The van der Waals surface area contributed by atoms with E-state index in [4.69, 9.17) is 9.47 Å². The first-order valence-electron chi connectivity index (χ1n) is 9.69. The number of benzene rings is 1. The number of likely N-dealkylation sites (tertiary alicyclic amines) is 1. The summed E-state index contributed by atoms with van der Waals surface area (Å²) in [4.78, 5) is 17.7. The maximum atomic E-state index is 12.8. The van der Waals surface area contributed by atoms with Gasteiger partial charge in [0.2, 0.25) is 12.7 Å². The van der Waals surface area contributed by atoms with Gasteiger partial charge in [-0.1, -0.05) is 13.0 Å². The van der Waals surface area contributed by atoms with E-state index in [2.05, 4.69) is 28.9 Å². The largest absolute Gasteiger partial charge is 0.454 e. The van der Waals surface area contributed by atoms with Crippen molar-refractivity contribution >= 4 is 5.91 Å². The maximum Gasteiger partial charge on any atom is 0.231 e. The molecule has 0 radical (unpaired) electrons. The number of ether oxygens (including phenoxy) is 2. The van der Waals surface area contributed by atoms with Crippen LogP contribution >= 0.6 is 0 Å². The van der Waals surface area contributed by atoms with Gasteiger partial charge >= 0.3 is 0 Å². The van der Waals surface area contributed by atoms with Gasteiger partial charge in [0, 0.05) is 24.9 Å². The Hall–Kier alpha value is -1.75. The van der Waals surface area contributed by atoms with E-state index in [0.29, 0.717) is 43.0 Å². The molecule has 6 rings (SSSR count). The molecule has 0 N–H and O–H groups in total. The number of carbonyl (C=O) groups excluding carboxylic acids is 1. The quantitative estimate of drug-likeness (QED) is 0.847. The van der Waals surface area contributed by atoms with Gasteiger partial charge in [0.15, 0.2) is 11.5 Å². The molecule has 1 aromatic rings. The van der Waals surface area contributed by atoms with Crippen LogP contribution in [0.25, 0.3) is 0 Å². The summed E-state index contributed by atoms with van der Waals surface area (Å²) >= 11 is 0. The van der Waals surface area contributed by atoms with Gasteiger partial charge in [-0.2, -0.15) is 0 Å². The number of rotatable bonds is 3. The minimum atomic E-state index is 0.310. The predicted octanol–water partition coefficient (Wildman–Crippen LogP) is 2.60. The molecule has 5 heteroatoms. The molecule has 0 unspecified atom stereocenters. The molecule has 4 saturated heterocycles. The first-order chi connectivity index (χ1) is 12.3. The summed E-state index contributed by atoms with van der Waals surface area (Å²) in [6.07, 6.45) is 4.08. The highest BCUT2D eigenvalue weighted by Crippen LogP contribution is 2.48. The first kappa shape index (κ1) is 15.5. The highest BCUT2D eigenvalue weighted by atomic mass is 16.7. The third-order valence-electron chi connectivity index (χ3n) is 6.60. The average molecular weight is 342 g/mol. The van der Waals surface area contributed by atoms with Crippen molar-refractivity contribution < 1.29 is 14.3 Å². The number of fused-ring (bicyclic) bond motifs is 3. The van der Waals surface area contributed by atoms with Gasteiger partial charge in [-0.05, 0) is 56.0 Å². The lowest BCUT2D eigenvalue weighted by Gasteiger charge is -2.51. The molecule has 5 heterocycles. The van der Waals surface area contributed by atoms with Crippen molar-refractivity contribution in [2.24, 2.45) is 5.92 Å². The summed E-state index contributed by atoms with van der Waals surface area (Å²) in [6.45, 7) is 5.62. The molecule has 5 nitrogen and oxygen atoms in total. The average Bonchev–Trinajstić information content (AvgIpc) is 3.28. The molecule has 0 aliphatic carbocycles. The molecule has 4 fully saturated rings. The molecule has 5 aliphatic heterocycles. The summed E-state index contributed by atoms with van der Waals surface area (Å²) in [5.41, 5.74) is 1.29. The molecule has 134 valence electrons. The Morgan fingerprint density at radius 2 is 1.96 bits per heavy atom. The van der Waals surface area contributed by atoms with Crippen LogP contribution in [0.3, 0.4) is 0 Å². The smallest absolute Gasteiger partial charge is 0.231 e. The Balaban J connectivity index is 1.50. The second kappa shape index (κ2) is 5.90. The van der Waals surface area contributed by atoms with E-state index < -0.39 is 0 Å². The van der Waals surface area contributed by atoms with E-state index in [1.165, 1.54) is 31.5 Å². The van der Waals surface area contributed by atoms with Crippen molar-refractivity contribution in [1.29, 1.82) is 0 Å². The summed E-state index contributed by atoms with van der Waals surface area (Å²) in [5.74, 6) is 3.08. The zero-order valence-electron chi connectivity index (χ0n) is 14.8. The number of hydrogen-bond acceptors (Lipinski definition) is 4. The van der Waals surface area contributed by atoms with Crippen LogP contribution in [0.2, 0.25) is 0 Å². The second-order valence-electron chi connectivity index (χ2n) is 7.87. The lowest BCUT2D eigenvalue weighted by atomic mass is 9.75. The Labute approximate surface area is 148 Å². The van der Waals surface area contributed by atoms with Gasteiger partial charge < -0.3 is 14.4 Å². The van der Waals surface area contributed by atoms with Gasteiger partial charge in [0.1, 0.15) is 0 Å². The first-order valence-corrected chi connectivity index (χ1v) is 9.69. The van der Waals surface area contributed by atoms with Crippen molar-refractivity contribution in [3.05, 3.63) is 23.8 Å². The SMILES string of the molecule is CCCC(=O)N1C[C@H](c2ccc3c(c2)OCO3)[C@H]2[C@@H]1C1CCN2CC1. The summed E-state index contributed by atoms with van der Waals surface area (Å²) in [5, 5.41) is 0. The maximum absolute atomic E-state index is 12.8. The lowest BCUT2D eigenvalue weighted by Crippen LogP contribution is -2.60. The number of carbonyl (C=O) groups is 1. The zero-order valence-corrected chi connectivity index (χ0v) is 14.8. The van der Waals surface area contributed by atoms with Crippen molar-refractivity contribution in [2.75, 3.05) is 26.4 Å². The molecule has 25 heavy (non-hydrogen) atoms. The van der Waals surface area contributed by atoms with E-state index in [0.717, 1.165) is 24.5 Å². The topological polar surface area (TPSA) is 42.0 Å². The minimum Gasteiger partial charge on any atom is -0.454 e. The standard InChI is InChI=1S/C20H26N2O3/c1-2-3-18(23)22-11-15(14-4-5-16-17(10-14)25-12-24-16)20-19(22)13-6-8-21(20)9-7-13/h4-5,10,13,15,19-20H,2-3,6-9,11-12H2,1H3/t15-,19+,20+/m1/s1. The number of hydrogen-bond donors (Lipinski definition) is 0. The third kappa shape index (κ3) is 2.35.